The molecule has 1 saturated heterocycles. The highest BCUT2D eigenvalue weighted by molar-refractivity contribution is 4.73. The van der Waals surface area contributed by atoms with Crippen LogP contribution in [0.3, 0.4) is 0 Å². The van der Waals surface area contributed by atoms with Crippen LogP contribution in [0.1, 0.15) is 26.7 Å². The summed E-state index contributed by atoms with van der Waals surface area (Å²) in [6.45, 7) is 5.02. The Labute approximate surface area is 55.8 Å². The van der Waals surface area contributed by atoms with Gasteiger partial charge in [-0.2, -0.15) is 0 Å². The van der Waals surface area contributed by atoms with E-state index in [4.69, 9.17) is 0 Å². The van der Waals surface area contributed by atoms with Crippen LogP contribution in [0.4, 0.5) is 4.39 Å². The molecule has 1 nitrogen and oxygen atoms in total. The molecule has 9 heavy (non-hydrogen) atoms. The quantitative estimate of drug-likeness (QED) is 0.490. The summed E-state index contributed by atoms with van der Waals surface area (Å²) < 4.78 is 12.8. The summed E-state index contributed by atoms with van der Waals surface area (Å²) in [6, 6.07) is 0.377. The molecule has 2 heteroatoms. The van der Waals surface area contributed by atoms with E-state index in [1.54, 1.807) is 0 Å². The van der Waals surface area contributed by atoms with Crippen molar-refractivity contribution < 1.29 is 4.39 Å². The molecule has 1 fully saturated rings. The van der Waals surface area contributed by atoms with E-state index in [9.17, 15) is 4.39 Å². The van der Waals surface area contributed by atoms with Gasteiger partial charge >= 0.3 is 0 Å². The Balaban J connectivity index is 2.40. The zero-order chi connectivity index (χ0) is 6.85. The number of alkyl halides is 1. The van der Waals surface area contributed by atoms with Crippen LogP contribution in [-0.2, 0) is 0 Å². The van der Waals surface area contributed by atoms with Crippen molar-refractivity contribution in [1.82, 2.24) is 4.90 Å². The first-order chi connectivity index (χ1) is 4.22. The molecule has 0 radical (unpaired) electrons. The highest BCUT2D eigenvalue weighted by atomic mass is 19.1. The van der Waals surface area contributed by atoms with E-state index in [1.165, 1.54) is 0 Å². The minimum atomic E-state index is -0.662. The van der Waals surface area contributed by atoms with Gasteiger partial charge < -0.3 is 0 Å². The lowest BCUT2D eigenvalue weighted by atomic mass is 10.3. The number of hydrogen-bond acceptors (Lipinski definition) is 1. The Morgan fingerprint density at radius 2 is 2.22 bits per heavy atom. The van der Waals surface area contributed by atoms with Crippen LogP contribution < -0.4 is 0 Å². The van der Waals surface area contributed by atoms with Gasteiger partial charge in [-0.1, -0.05) is 0 Å². The summed E-state index contributed by atoms with van der Waals surface area (Å²) in [4.78, 5) is 1.90. The van der Waals surface area contributed by atoms with Crippen LogP contribution in [0.2, 0.25) is 0 Å². The van der Waals surface area contributed by atoms with Gasteiger partial charge in [0.1, 0.15) is 0 Å². The van der Waals surface area contributed by atoms with E-state index in [0.29, 0.717) is 6.04 Å². The molecular weight excluding hydrogens is 117 g/mol. The average molecular weight is 131 g/mol. The largest absolute Gasteiger partial charge is 0.272 e. The summed E-state index contributed by atoms with van der Waals surface area (Å²) in [6.07, 6.45) is 1.10. The summed E-state index contributed by atoms with van der Waals surface area (Å²) in [7, 11) is 0. The van der Waals surface area contributed by atoms with Gasteiger partial charge in [-0.05, 0) is 26.7 Å². The number of likely N-dealkylation sites (tertiary alicyclic amines) is 1. The number of nitrogens with zero attached hydrogens (tertiary/aromatic N) is 1. The molecule has 54 valence electrons. The first-order valence-electron chi connectivity index (χ1n) is 3.61. The molecule has 1 heterocycles. The van der Waals surface area contributed by atoms with Gasteiger partial charge in [0.15, 0.2) is 6.30 Å². The van der Waals surface area contributed by atoms with Crippen molar-refractivity contribution in [2.75, 3.05) is 6.54 Å². The van der Waals surface area contributed by atoms with Crippen molar-refractivity contribution in [1.29, 1.82) is 0 Å². The topological polar surface area (TPSA) is 3.24 Å². The Morgan fingerprint density at radius 1 is 1.56 bits per heavy atom. The first-order valence-corrected chi connectivity index (χ1v) is 3.61. The lowest BCUT2D eigenvalue weighted by Gasteiger charge is -2.21. The fourth-order valence-electron chi connectivity index (χ4n) is 1.33. The normalized spacial score (nSPS) is 30.0. The molecule has 0 aromatic carbocycles. The highest BCUT2D eigenvalue weighted by Gasteiger charge is 2.25. The number of hydrogen-bond donors (Lipinski definition) is 0. The van der Waals surface area contributed by atoms with Gasteiger partial charge in [0, 0.05) is 12.6 Å². The monoisotopic (exact) mass is 131 g/mol. The predicted molar refractivity (Wildman–Crippen MR) is 36.0 cm³/mol. The second kappa shape index (κ2) is 2.65. The van der Waals surface area contributed by atoms with Crippen molar-refractivity contribution in [3.05, 3.63) is 0 Å². The molecule has 1 rings (SSSR count). The van der Waals surface area contributed by atoms with E-state index in [0.717, 1.165) is 19.4 Å². The molecule has 0 amide bonds. The Hall–Kier alpha value is -0.110. The Bertz CT molecular complexity index is 92.9. The van der Waals surface area contributed by atoms with Crippen LogP contribution in [-0.4, -0.2) is 23.8 Å². The maximum Gasteiger partial charge on any atom is 0.153 e. The third-order valence-electron chi connectivity index (χ3n) is 1.88. The molecule has 0 saturated carbocycles. The third kappa shape index (κ3) is 1.42. The SMILES string of the molecule is CC(C)N1CCC[C@H]1F. The summed E-state index contributed by atoms with van der Waals surface area (Å²) >= 11 is 0. The van der Waals surface area contributed by atoms with Crippen LogP contribution in [0.25, 0.3) is 0 Å². The molecule has 0 unspecified atom stereocenters. The van der Waals surface area contributed by atoms with Gasteiger partial charge in [-0.15, -0.1) is 0 Å². The van der Waals surface area contributed by atoms with E-state index in [1.807, 2.05) is 18.7 Å². The minimum absolute atomic E-state index is 0.377. The maximum absolute atomic E-state index is 12.8. The minimum Gasteiger partial charge on any atom is -0.272 e. The number of rotatable bonds is 1. The molecular formula is C7H14FN. The van der Waals surface area contributed by atoms with Crippen molar-refractivity contribution >= 4 is 0 Å². The van der Waals surface area contributed by atoms with Gasteiger partial charge in [0.05, 0.1) is 0 Å². The smallest absolute Gasteiger partial charge is 0.153 e. The van der Waals surface area contributed by atoms with Gasteiger partial charge in [-0.3, -0.25) is 4.90 Å². The van der Waals surface area contributed by atoms with Crippen LogP contribution in [0, 0.1) is 0 Å². The van der Waals surface area contributed by atoms with Crippen molar-refractivity contribution in [2.45, 2.75) is 39.0 Å². The van der Waals surface area contributed by atoms with E-state index in [-0.39, 0.29) is 0 Å². The lowest BCUT2D eigenvalue weighted by Crippen LogP contribution is -2.32. The van der Waals surface area contributed by atoms with E-state index < -0.39 is 6.30 Å². The summed E-state index contributed by atoms with van der Waals surface area (Å²) in [5, 5.41) is 0. The molecule has 0 spiro atoms. The third-order valence-corrected chi connectivity index (χ3v) is 1.88. The molecule has 0 bridgehead atoms. The van der Waals surface area contributed by atoms with Crippen LogP contribution in [0.5, 0.6) is 0 Å². The zero-order valence-corrected chi connectivity index (χ0v) is 6.10. The van der Waals surface area contributed by atoms with Crippen molar-refractivity contribution in [2.24, 2.45) is 0 Å². The zero-order valence-electron chi connectivity index (χ0n) is 6.10. The summed E-state index contributed by atoms with van der Waals surface area (Å²) in [5.41, 5.74) is 0. The predicted octanol–water partition coefficient (Wildman–Crippen LogP) is 1.79. The summed E-state index contributed by atoms with van der Waals surface area (Å²) in [5.74, 6) is 0. The molecule has 1 aliphatic rings. The van der Waals surface area contributed by atoms with Gasteiger partial charge in [0.2, 0.25) is 0 Å². The van der Waals surface area contributed by atoms with Crippen molar-refractivity contribution in [3.8, 4) is 0 Å². The molecule has 0 aromatic rings. The standard InChI is InChI=1S/C7H14FN/c1-6(2)9-5-3-4-7(9)8/h6-7H,3-5H2,1-2H3/t7-/m0/s1. The fourth-order valence-corrected chi connectivity index (χ4v) is 1.33. The molecule has 0 N–H and O–H groups in total. The van der Waals surface area contributed by atoms with Crippen LogP contribution >= 0.6 is 0 Å². The fraction of sp³-hybridized carbons (Fsp3) is 1.00. The highest BCUT2D eigenvalue weighted by Crippen LogP contribution is 2.19. The van der Waals surface area contributed by atoms with E-state index in [2.05, 4.69) is 0 Å². The van der Waals surface area contributed by atoms with E-state index >= 15 is 0 Å². The van der Waals surface area contributed by atoms with Crippen LogP contribution in [0.15, 0.2) is 0 Å². The first kappa shape index (κ1) is 7.00. The second-order valence-corrected chi connectivity index (χ2v) is 2.91. The Morgan fingerprint density at radius 3 is 2.44 bits per heavy atom. The maximum atomic E-state index is 12.8. The molecule has 1 atom stereocenters. The van der Waals surface area contributed by atoms with Crippen molar-refractivity contribution in [3.63, 3.8) is 0 Å². The molecule has 1 aliphatic heterocycles. The Kier molecular flexibility index (Phi) is 2.06. The number of halogens is 1. The second-order valence-electron chi connectivity index (χ2n) is 2.91. The van der Waals surface area contributed by atoms with Gasteiger partial charge in [-0.25, -0.2) is 4.39 Å². The molecule has 0 aromatic heterocycles. The molecule has 0 aliphatic carbocycles. The average Bonchev–Trinajstić information content (AvgIpc) is 2.13. The lowest BCUT2D eigenvalue weighted by molar-refractivity contribution is 0.0970. The van der Waals surface area contributed by atoms with Gasteiger partial charge in [0.25, 0.3) is 0 Å².